The van der Waals surface area contributed by atoms with E-state index < -0.39 is 12.1 Å². The molecule has 2 aromatic carbocycles. The van der Waals surface area contributed by atoms with Gasteiger partial charge in [-0.05, 0) is 42.7 Å². The summed E-state index contributed by atoms with van der Waals surface area (Å²) < 4.78 is 0. The lowest BCUT2D eigenvalue weighted by atomic mass is 10.0. The number of nitrogens with one attached hydrogen (secondary N) is 3. The van der Waals surface area contributed by atoms with E-state index in [0.717, 1.165) is 5.56 Å². The number of hydrogen-bond donors (Lipinski definition) is 3. The highest BCUT2D eigenvalue weighted by atomic mass is 35.5. The van der Waals surface area contributed by atoms with Crippen molar-refractivity contribution < 1.29 is 9.59 Å². The lowest BCUT2D eigenvalue weighted by Gasteiger charge is -2.22. The third kappa shape index (κ3) is 5.50. The first-order valence-corrected chi connectivity index (χ1v) is 8.44. The Hall–Kier alpha value is -2.53. The van der Waals surface area contributed by atoms with Crippen molar-refractivity contribution in [3.8, 4) is 0 Å². The first kappa shape index (κ1) is 18.8. The Kier molecular flexibility index (Phi) is 6.42. The van der Waals surface area contributed by atoms with Crippen LogP contribution in [-0.4, -0.2) is 18.0 Å². The zero-order valence-corrected chi connectivity index (χ0v) is 15.2. The molecule has 0 aliphatic carbocycles. The van der Waals surface area contributed by atoms with E-state index in [1.165, 1.54) is 0 Å². The third-order valence-electron chi connectivity index (χ3n) is 3.72. The highest BCUT2D eigenvalue weighted by Crippen LogP contribution is 2.21. The van der Waals surface area contributed by atoms with E-state index >= 15 is 0 Å². The molecule has 0 aromatic heterocycles. The van der Waals surface area contributed by atoms with Crippen LogP contribution in [0.15, 0.2) is 48.5 Å². The van der Waals surface area contributed by atoms with Crippen molar-refractivity contribution in [2.45, 2.75) is 26.8 Å². The van der Waals surface area contributed by atoms with Gasteiger partial charge in [-0.3, -0.25) is 4.79 Å². The maximum atomic E-state index is 12.6. The van der Waals surface area contributed by atoms with Crippen LogP contribution in [-0.2, 0) is 4.79 Å². The number of rotatable bonds is 5. The summed E-state index contributed by atoms with van der Waals surface area (Å²) in [5.41, 5.74) is 2.19. The SMILES string of the molecule is Cc1ccc(Cl)cc1NC(=O)[C@H](NC(=O)Nc1ccccc1)C(C)C. The molecule has 25 heavy (non-hydrogen) atoms. The molecular formula is C19H22ClN3O2. The molecule has 2 aromatic rings. The summed E-state index contributed by atoms with van der Waals surface area (Å²) in [5.74, 6) is -0.371. The smallest absolute Gasteiger partial charge is 0.319 e. The van der Waals surface area contributed by atoms with Crippen LogP contribution in [0.2, 0.25) is 5.02 Å². The number of anilines is 2. The molecule has 0 spiro atoms. The molecule has 2 rings (SSSR count). The van der Waals surface area contributed by atoms with Crippen molar-refractivity contribution >= 4 is 34.9 Å². The van der Waals surface area contributed by atoms with Gasteiger partial charge in [0.05, 0.1) is 0 Å². The molecule has 1 atom stereocenters. The molecule has 0 bridgehead atoms. The standard InChI is InChI=1S/C19H22ClN3O2/c1-12(2)17(23-19(25)21-15-7-5-4-6-8-15)18(24)22-16-11-14(20)10-9-13(16)3/h4-12,17H,1-3H3,(H,22,24)(H2,21,23,25)/t17-/m1/s1. The van der Waals surface area contributed by atoms with Crippen LogP contribution in [0.3, 0.4) is 0 Å². The molecule has 3 N–H and O–H groups in total. The number of para-hydroxylation sites is 1. The Balaban J connectivity index is 2.05. The predicted octanol–water partition coefficient (Wildman–Crippen LogP) is 4.43. The number of halogens is 1. The molecule has 0 aliphatic heterocycles. The molecule has 5 nitrogen and oxygen atoms in total. The van der Waals surface area contributed by atoms with Gasteiger partial charge in [0.2, 0.25) is 5.91 Å². The summed E-state index contributed by atoms with van der Waals surface area (Å²) in [6.07, 6.45) is 0. The second-order valence-corrected chi connectivity index (χ2v) is 6.57. The Morgan fingerprint density at radius 3 is 2.32 bits per heavy atom. The van der Waals surface area contributed by atoms with Gasteiger partial charge in [0.1, 0.15) is 6.04 Å². The minimum atomic E-state index is -0.679. The number of amides is 3. The maximum Gasteiger partial charge on any atom is 0.319 e. The van der Waals surface area contributed by atoms with Gasteiger partial charge in [-0.15, -0.1) is 0 Å². The van der Waals surface area contributed by atoms with Crippen LogP contribution in [0, 0.1) is 12.8 Å². The van der Waals surface area contributed by atoms with E-state index in [4.69, 9.17) is 11.6 Å². The fraction of sp³-hybridized carbons (Fsp3) is 0.263. The quantitative estimate of drug-likeness (QED) is 0.738. The van der Waals surface area contributed by atoms with Crippen molar-refractivity contribution in [2.24, 2.45) is 5.92 Å². The monoisotopic (exact) mass is 359 g/mol. The number of carbonyl (C=O) groups excluding carboxylic acids is 2. The Labute approximate surface area is 152 Å². The normalized spacial score (nSPS) is 11.7. The van der Waals surface area contributed by atoms with Crippen molar-refractivity contribution in [1.29, 1.82) is 0 Å². The van der Waals surface area contributed by atoms with Crippen molar-refractivity contribution in [3.05, 3.63) is 59.1 Å². The summed E-state index contributed by atoms with van der Waals surface area (Å²) in [7, 11) is 0. The van der Waals surface area contributed by atoms with Crippen LogP contribution < -0.4 is 16.0 Å². The molecule has 0 unspecified atom stereocenters. The van der Waals surface area contributed by atoms with Gasteiger partial charge in [0.25, 0.3) is 0 Å². The lowest BCUT2D eigenvalue weighted by molar-refractivity contribution is -0.118. The second kappa shape index (κ2) is 8.53. The first-order valence-electron chi connectivity index (χ1n) is 8.06. The van der Waals surface area contributed by atoms with E-state index in [9.17, 15) is 9.59 Å². The lowest BCUT2D eigenvalue weighted by Crippen LogP contribution is -2.48. The van der Waals surface area contributed by atoms with E-state index in [2.05, 4.69) is 16.0 Å². The number of carbonyl (C=O) groups is 2. The highest BCUT2D eigenvalue weighted by Gasteiger charge is 2.24. The third-order valence-corrected chi connectivity index (χ3v) is 3.96. The van der Waals surface area contributed by atoms with Crippen LogP contribution in [0.4, 0.5) is 16.2 Å². The van der Waals surface area contributed by atoms with Crippen molar-refractivity contribution in [2.75, 3.05) is 10.6 Å². The fourth-order valence-corrected chi connectivity index (χ4v) is 2.48. The van der Waals surface area contributed by atoms with Crippen LogP contribution in [0.5, 0.6) is 0 Å². The van der Waals surface area contributed by atoms with Gasteiger partial charge in [-0.1, -0.05) is 49.7 Å². The van der Waals surface area contributed by atoms with Gasteiger partial charge in [0, 0.05) is 16.4 Å². The molecule has 132 valence electrons. The van der Waals surface area contributed by atoms with E-state index in [1.807, 2.05) is 45.0 Å². The van der Waals surface area contributed by atoms with Crippen molar-refractivity contribution in [3.63, 3.8) is 0 Å². The summed E-state index contributed by atoms with van der Waals surface area (Å²) in [5, 5.41) is 8.81. The van der Waals surface area contributed by atoms with E-state index in [1.54, 1.807) is 24.3 Å². The molecule has 0 fully saturated rings. The van der Waals surface area contributed by atoms with Gasteiger partial charge < -0.3 is 16.0 Å². The van der Waals surface area contributed by atoms with Crippen molar-refractivity contribution in [1.82, 2.24) is 5.32 Å². The topological polar surface area (TPSA) is 70.2 Å². The van der Waals surface area contributed by atoms with Crippen LogP contribution in [0.1, 0.15) is 19.4 Å². The zero-order valence-electron chi connectivity index (χ0n) is 14.5. The van der Waals surface area contributed by atoms with Gasteiger partial charge in [-0.2, -0.15) is 0 Å². The molecule has 0 radical (unpaired) electrons. The minimum Gasteiger partial charge on any atom is -0.326 e. The van der Waals surface area contributed by atoms with Gasteiger partial charge >= 0.3 is 6.03 Å². The van der Waals surface area contributed by atoms with Crippen LogP contribution >= 0.6 is 11.6 Å². The maximum absolute atomic E-state index is 12.6. The summed E-state index contributed by atoms with van der Waals surface area (Å²) in [6, 6.07) is 13.2. The van der Waals surface area contributed by atoms with Gasteiger partial charge in [-0.25, -0.2) is 4.79 Å². The Morgan fingerprint density at radius 2 is 1.68 bits per heavy atom. The number of urea groups is 1. The second-order valence-electron chi connectivity index (χ2n) is 6.13. The average molecular weight is 360 g/mol. The van der Waals surface area contributed by atoms with E-state index in [0.29, 0.717) is 16.4 Å². The van der Waals surface area contributed by atoms with Gasteiger partial charge in [0.15, 0.2) is 0 Å². The molecule has 0 aliphatic rings. The highest BCUT2D eigenvalue weighted by molar-refractivity contribution is 6.31. The minimum absolute atomic E-state index is 0.0824. The predicted molar refractivity (Wildman–Crippen MR) is 102 cm³/mol. The van der Waals surface area contributed by atoms with E-state index in [-0.39, 0.29) is 11.8 Å². The molecule has 0 saturated heterocycles. The van der Waals surface area contributed by atoms with Crippen LogP contribution in [0.25, 0.3) is 0 Å². The number of hydrogen-bond acceptors (Lipinski definition) is 2. The zero-order chi connectivity index (χ0) is 18.4. The molecule has 0 saturated carbocycles. The largest absolute Gasteiger partial charge is 0.326 e. The fourth-order valence-electron chi connectivity index (χ4n) is 2.30. The Morgan fingerprint density at radius 1 is 1.00 bits per heavy atom. The molecular weight excluding hydrogens is 338 g/mol. The summed E-state index contributed by atoms with van der Waals surface area (Å²) >= 11 is 5.99. The molecule has 6 heteroatoms. The average Bonchev–Trinajstić information content (AvgIpc) is 2.56. The molecule has 0 heterocycles. The molecule has 3 amide bonds. The Bertz CT molecular complexity index is 748. The number of benzene rings is 2. The summed E-state index contributed by atoms with van der Waals surface area (Å²) in [6.45, 7) is 5.63. The number of aryl methyl sites for hydroxylation is 1. The first-order chi connectivity index (χ1) is 11.9. The summed E-state index contributed by atoms with van der Waals surface area (Å²) in [4.78, 5) is 24.8.